The molecule has 0 spiro atoms. The van der Waals surface area contributed by atoms with Crippen molar-refractivity contribution in [3.8, 4) is 5.75 Å². The van der Waals surface area contributed by atoms with E-state index < -0.39 is 0 Å². The van der Waals surface area contributed by atoms with E-state index in [2.05, 4.69) is 11.9 Å². The average Bonchev–Trinajstić information content (AvgIpc) is 2.52. The molecular weight excluding hydrogens is 288 g/mol. The number of hydrogen-bond acceptors (Lipinski definition) is 3. The summed E-state index contributed by atoms with van der Waals surface area (Å²) in [6, 6.07) is 13.1. The lowest BCUT2D eigenvalue weighted by atomic mass is 10.1. The van der Waals surface area contributed by atoms with E-state index in [1.54, 1.807) is 18.2 Å². The predicted molar refractivity (Wildman–Crippen MR) is 93.5 cm³/mol. The summed E-state index contributed by atoms with van der Waals surface area (Å²) < 4.78 is 5.52. The van der Waals surface area contributed by atoms with Gasteiger partial charge in [0.25, 0.3) is 5.91 Å². The molecule has 2 rings (SSSR count). The van der Waals surface area contributed by atoms with Crippen LogP contribution in [0.15, 0.2) is 54.6 Å². The van der Waals surface area contributed by atoms with Crippen molar-refractivity contribution >= 4 is 11.6 Å². The van der Waals surface area contributed by atoms with Gasteiger partial charge in [0, 0.05) is 12.1 Å². The van der Waals surface area contributed by atoms with E-state index in [9.17, 15) is 4.79 Å². The minimum absolute atomic E-state index is 0.163. The highest BCUT2D eigenvalue weighted by atomic mass is 16.5. The molecule has 0 aliphatic rings. The third-order valence-corrected chi connectivity index (χ3v) is 3.32. The Bertz CT molecular complexity index is 706. The van der Waals surface area contributed by atoms with Gasteiger partial charge in [0.2, 0.25) is 0 Å². The van der Waals surface area contributed by atoms with Gasteiger partial charge < -0.3 is 15.8 Å². The molecule has 2 aromatic carbocycles. The number of benzene rings is 2. The second-order valence-corrected chi connectivity index (χ2v) is 5.67. The number of rotatable bonds is 6. The number of nitrogens with two attached hydrogens (primary N) is 1. The van der Waals surface area contributed by atoms with Gasteiger partial charge in [-0.2, -0.15) is 0 Å². The maximum atomic E-state index is 12.2. The van der Waals surface area contributed by atoms with Crippen LogP contribution in [-0.4, -0.2) is 12.5 Å². The molecule has 0 saturated carbocycles. The summed E-state index contributed by atoms with van der Waals surface area (Å²) >= 11 is 0. The highest BCUT2D eigenvalue weighted by Gasteiger charge is 2.09. The summed E-state index contributed by atoms with van der Waals surface area (Å²) in [5.41, 5.74) is 10.0. The summed E-state index contributed by atoms with van der Waals surface area (Å²) in [5.74, 6) is 0.395. The van der Waals surface area contributed by atoms with E-state index in [1.165, 1.54) is 5.56 Å². The Balaban J connectivity index is 1.97. The maximum Gasteiger partial charge on any atom is 0.251 e. The summed E-state index contributed by atoms with van der Waals surface area (Å²) in [4.78, 5) is 12.2. The van der Waals surface area contributed by atoms with Crippen LogP contribution in [0, 0.1) is 6.92 Å². The van der Waals surface area contributed by atoms with E-state index in [0.29, 0.717) is 30.2 Å². The van der Waals surface area contributed by atoms with Gasteiger partial charge in [0.1, 0.15) is 12.4 Å². The standard InChI is InChI=1S/C19H22N2O2/c1-13(2)12-23-18-9-8-16(10-17(18)20)19(22)21-11-15-6-4-14(3)5-7-15/h4-10H,1,11-12,20H2,2-3H3,(H,21,22). The summed E-state index contributed by atoms with van der Waals surface area (Å²) in [6.45, 7) is 8.57. The van der Waals surface area contributed by atoms with Crippen molar-refractivity contribution in [3.63, 3.8) is 0 Å². The molecule has 4 nitrogen and oxygen atoms in total. The van der Waals surface area contributed by atoms with Crippen molar-refractivity contribution in [1.29, 1.82) is 0 Å². The van der Waals surface area contributed by atoms with E-state index >= 15 is 0 Å². The van der Waals surface area contributed by atoms with Gasteiger partial charge in [-0.25, -0.2) is 0 Å². The minimum atomic E-state index is -0.163. The topological polar surface area (TPSA) is 64.3 Å². The van der Waals surface area contributed by atoms with Gasteiger partial charge in [-0.15, -0.1) is 0 Å². The second-order valence-electron chi connectivity index (χ2n) is 5.67. The highest BCUT2D eigenvalue weighted by molar-refractivity contribution is 5.95. The van der Waals surface area contributed by atoms with Crippen LogP contribution in [-0.2, 0) is 6.54 Å². The van der Waals surface area contributed by atoms with Crippen molar-refractivity contribution < 1.29 is 9.53 Å². The third kappa shape index (κ3) is 4.88. The van der Waals surface area contributed by atoms with Crippen molar-refractivity contribution in [2.45, 2.75) is 20.4 Å². The number of anilines is 1. The number of amides is 1. The molecule has 0 bridgehead atoms. The van der Waals surface area contributed by atoms with Crippen molar-refractivity contribution in [2.24, 2.45) is 0 Å². The first-order valence-electron chi connectivity index (χ1n) is 7.46. The average molecular weight is 310 g/mol. The van der Waals surface area contributed by atoms with Gasteiger partial charge in [-0.3, -0.25) is 4.79 Å². The van der Waals surface area contributed by atoms with Crippen molar-refractivity contribution in [1.82, 2.24) is 5.32 Å². The smallest absolute Gasteiger partial charge is 0.251 e. The number of carbonyl (C=O) groups is 1. The lowest BCUT2D eigenvalue weighted by Gasteiger charge is -2.11. The number of aryl methyl sites for hydroxylation is 1. The van der Waals surface area contributed by atoms with Gasteiger partial charge >= 0.3 is 0 Å². The van der Waals surface area contributed by atoms with E-state index in [0.717, 1.165) is 11.1 Å². The zero-order valence-electron chi connectivity index (χ0n) is 13.6. The first-order valence-corrected chi connectivity index (χ1v) is 7.46. The van der Waals surface area contributed by atoms with Crippen LogP contribution in [0.1, 0.15) is 28.4 Å². The molecule has 23 heavy (non-hydrogen) atoms. The molecule has 120 valence electrons. The minimum Gasteiger partial charge on any atom is -0.487 e. The fourth-order valence-corrected chi connectivity index (χ4v) is 2.01. The van der Waals surface area contributed by atoms with Gasteiger partial charge in [-0.05, 0) is 43.2 Å². The molecule has 0 aliphatic carbocycles. The fourth-order valence-electron chi connectivity index (χ4n) is 2.01. The van der Waals surface area contributed by atoms with Gasteiger partial charge in [0.15, 0.2) is 0 Å². The molecule has 0 fully saturated rings. The molecule has 3 N–H and O–H groups in total. The number of hydrogen-bond donors (Lipinski definition) is 2. The largest absolute Gasteiger partial charge is 0.487 e. The molecule has 2 aromatic rings. The van der Waals surface area contributed by atoms with Gasteiger partial charge in [-0.1, -0.05) is 36.4 Å². The van der Waals surface area contributed by atoms with Crippen LogP contribution in [0.5, 0.6) is 5.75 Å². The van der Waals surface area contributed by atoms with E-state index in [-0.39, 0.29) is 5.91 Å². The number of carbonyl (C=O) groups excluding carboxylic acids is 1. The summed E-state index contributed by atoms with van der Waals surface area (Å²) in [7, 11) is 0. The van der Waals surface area contributed by atoms with Crippen LogP contribution in [0.3, 0.4) is 0 Å². The Hall–Kier alpha value is -2.75. The summed E-state index contributed by atoms with van der Waals surface area (Å²) in [5, 5.41) is 2.88. The van der Waals surface area contributed by atoms with Crippen LogP contribution < -0.4 is 15.8 Å². The van der Waals surface area contributed by atoms with Crippen LogP contribution in [0.4, 0.5) is 5.69 Å². The molecule has 0 unspecified atom stereocenters. The fraction of sp³-hybridized carbons (Fsp3) is 0.211. The Morgan fingerprint density at radius 1 is 1.22 bits per heavy atom. The molecule has 0 aliphatic heterocycles. The van der Waals surface area contributed by atoms with Crippen LogP contribution in [0.2, 0.25) is 0 Å². The highest BCUT2D eigenvalue weighted by Crippen LogP contribution is 2.23. The van der Waals surface area contributed by atoms with Gasteiger partial charge in [0.05, 0.1) is 5.69 Å². The number of ether oxygens (including phenoxy) is 1. The molecule has 0 atom stereocenters. The Kier molecular flexibility index (Phi) is 5.41. The third-order valence-electron chi connectivity index (χ3n) is 3.32. The maximum absolute atomic E-state index is 12.2. The second kappa shape index (κ2) is 7.49. The van der Waals surface area contributed by atoms with E-state index in [4.69, 9.17) is 10.5 Å². The molecule has 1 amide bonds. The molecule has 0 saturated heterocycles. The number of nitrogens with one attached hydrogen (secondary N) is 1. The quantitative estimate of drug-likeness (QED) is 0.634. The van der Waals surface area contributed by atoms with Crippen LogP contribution in [0.25, 0.3) is 0 Å². The molecule has 0 aromatic heterocycles. The molecule has 0 heterocycles. The normalized spacial score (nSPS) is 10.2. The SMILES string of the molecule is C=C(C)COc1ccc(C(=O)NCc2ccc(C)cc2)cc1N. The lowest BCUT2D eigenvalue weighted by Crippen LogP contribution is -2.22. The van der Waals surface area contributed by atoms with Crippen molar-refractivity contribution in [2.75, 3.05) is 12.3 Å². The zero-order chi connectivity index (χ0) is 16.8. The monoisotopic (exact) mass is 310 g/mol. The van der Waals surface area contributed by atoms with Crippen LogP contribution >= 0.6 is 0 Å². The molecular formula is C19H22N2O2. The number of nitrogen functional groups attached to an aromatic ring is 1. The molecule has 4 heteroatoms. The Morgan fingerprint density at radius 2 is 1.91 bits per heavy atom. The van der Waals surface area contributed by atoms with Crippen molar-refractivity contribution in [3.05, 3.63) is 71.3 Å². The summed E-state index contributed by atoms with van der Waals surface area (Å²) in [6.07, 6.45) is 0. The lowest BCUT2D eigenvalue weighted by molar-refractivity contribution is 0.0951. The first kappa shape index (κ1) is 16.6. The molecule has 0 radical (unpaired) electrons. The first-order chi connectivity index (χ1) is 11.0. The predicted octanol–water partition coefficient (Wildman–Crippen LogP) is 3.46. The Labute approximate surface area is 137 Å². The van der Waals surface area contributed by atoms with E-state index in [1.807, 2.05) is 38.1 Å². The zero-order valence-corrected chi connectivity index (χ0v) is 13.6. The Morgan fingerprint density at radius 3 is 2.52 bits per heavy atom.